The van der Waals surface area contributed by atoms with Gasteiger partial charge in [0.1, 0.15) is 12.4 Å². The third-order valence-corrected chi connectivity index (χ3v) is 3.13. The van der Waals surface area contributed by atoms with E-state index in [2.05, 4.69) is 30.6 Å². The molecule has 1 aromatic rings. The van der Waals surface area contributed by atoms with Crippen molar-refractivity contribution in [1.82, 2.24) is 4.90 Å². The van der Waals surface area contributed by atoms with Crippen molar-refractivity contribution in [3.05, 3.63) is 35.1 Å². The first-order valence-corrected chi connectivity index (χ1v) is 6.16. The summed E-state index contributed by atoms with van der Waals surface area (Å²) in [6.45, 7) is 4.62. The molecule has 0 aromatic heterocycles. The van der Waals surface area contributed by atoms with Crippen LogP contribution in [0.3, 0.4) is 0 Å². The van der Waals surface area contributed by atoms with Gasteiger partial charge in [0, 0.05) is 23.7 Å². The molecule has 0 heterocycles. The lowest BCUT2D eigenvalue weighted by Crippen LogP contribution is -2.28. The molecule has 98 valence electrons. The number of aliphatic hydroxyl groups is 1. The molecule has 0 saturated heterocycles. The third-order valence-electron chi connectivity index (χ3n) is 3.13. The summed E-state index contributed by atoms with van der Waals surface area (Å²) >= 11 is 0. The molecule has 2 nitrogen and oxygen atoms in total. The van der Waals surface area contributed by atoms with Crippen LogP contribution in [0.5, 0.6) is 0 Å². The molecule has 1 rings (SSSR count). The fraction of sp³-hybridized carbons (Fsp3) is 0.467. The third kappa shape index (κ3) is 4.14. The van der Waals surface area contributed by atoms with Gasteiger partial charge in [-0.2, -0.15) is 0 Å². The lowest BCUT2D eigenvalue weighted by molar-refractivity contribution is 0.240. The number of rotatable bonds is 4. The molecule has 0 bridgehead atoms. The van der Waals surface area contributed by atoms with E-state index >= 15 is 0 Å². The van der Waals surface area contributed by atoms with Crippen LogP contribution in [-0.4, -0.2) is 29.7 Å². The summed E-state index contributed by atoms with van der Waals surface area (Å²) in [5.74, 6) is 4.96. The number of aliphatic hydroxyl groups excluding tert-OH is 1. The zero-order chi connectivity index (χ0) is 13.5. The molecule has 0 aliphatic heterocycles. The molecule has 0 amide bonds. The second kappa shape index (κ2) is 7.15. The quantitative estimate of drug-likeness (QED) is 0.828. The molecule has 1 N–H and O–H groups in total. The van der Waals surface area contributed by atoms with Crippen LogP contribution >= 0.6 is 0 Å². The summed E-state index contributed by atoms with van der Waals surface area (Å²) in [7, 11) is 1.99. The minimum absolute atomic E-state index is 0.208. The second-order valence-electron chi connectivity index (χ2n) is 4.44. The Bertz CT molecular complexity index is 448. The van der Waals surface area contributed by atoms with Crippen LogP contribution in [-0.2, 0) is 6.54 Å². The molecule has 0 aliphatic carbocycles. The molecule has 0 radical (unpaired) electrons. The molecule has 0 spiro atoms. The Morgan fingerprint density at radius 1 is 1.44 bits per heavy atom. The van der Waals surface area contributed by atoms with Crippen molar-refractivity contribution >= 4 is 0 Å². The van der Waals surface area contributed by atoms with Crippen LogP contribution in [0, 0.1) is 17.7 Å². The Kier molecular flexibility index (Phi) is 5.84. The van der Waals surface area contributed by atoms with Crippen molar-refractivity contribution in [1.29, 1.82) is 0 Å². The zero-order valence-electron chi connectivity index (χ0n) is 11.2. The predicted octanol–water partition coefficient (Wildman–Crippen LogP) is 2.40. The molecule has 0 fully saturated rings. The maximum atomic E-state index is 13.8. The minimum atomic E-state index is -0.241. The average Bonchev–Trinajstić information content (AvgIpc) is 2.38. The van der Waals surface area contributed by atoms with Gasteiger partial charge in [-0.1, -0.05) is 24.8 Å². The van der Waals surface area contributed by atoms with Crippen molar-refractivity contribution in [2.75, 3.05) is 13.7 Å². The summed E-state index contributed by atoms with van der Waals surface area (Å²) < 4.78 is 13.8. The van der Waals surface area contributed by atoms with E-state index in [0.29, 0.717) is 23.7 Å². The Labute approximate surface area is 108 Å². The molecule has 18 heavy (non-hydrogen) atoms. The standard InChI is InChI=1S/C15H20FNO/c1-4-12(2)17(3)11-14-8-7-13(6-5-9-18)10-15(14)16/h7-8,10,12,18H,4,9,11H2,1-3H3. The Balaban J connectivity index is 2.79. The van der Waals surface area contributed by atoms with Gasteiger partial charge in [0.05, 0.1) is 0 Å². The van der Waals surface area contributed by atoms with E-state index in [0.717, 1.165) is 6.42 Å². The van der Waals surface area contributed by atoms with Gasteiger partial charge in [-0.15, -0.1) is 0 Å². The number of halogens is 1. The highest BCUT2D eigenvalue weighted by molar-refractivity contribution is 5.37. The molecule has 0 saturated carbocycles. The largest absolute Gasteiger partial charge is 0.384 e. The van der Waals surface area contributed by atoms with Crippen molar-refractivity contribution in [3.8, 4) is 11.8 Å². The van der Waals surface area contributed by atoms with Gasteiger partial charge in [-0.05, 0) is 32.5 Å². The summed E-state index contributed by atoms with van der Waals surface area (Å²) in [4.78, 5) is 2.12. The fourth-order valence-corrected chi connectivity index (χ4v) is 1.63. The first-order chi connectivity index (χ1) is 8.58. The number of hydrogen-bond donors (Lipinski definition) is 1. The number of hydrogen-bond acceptors (Lipinski definition) is 2. The van der Waals surface area contributed by atoms with Crippen LogP contribution in [0.15, 0.2) is 18.2 Å². The van der Waals surface area contributed by atoms with Crippen molar-refractivity contribution in [2.24, 2.45) is 0 Å². The van der Waals surface area contributed by atoms with E-state index in [4.69, 9.17) is 5.11 Å². The summed E-state index contributed by atoms with van der Waals surface area (Å²) in [6, 6.07) is 5.39. The van der Waals surface area contributed by atoms with E-state index in [-0.39, 0.29) is 12.4 Å². The molecule has 1 unspecified atom stereocenters. The molecule has 1 aromatic carbocycles. The van der Waals surface area contributed by atoms with Gasteiger partial charge in [-0.25, -0.2) is 4.39 Å². The summed E-state index contributed by atoms with van der Waals surface area (Å²) in [6.07, 6.45) is 1.04. The van der Waals surface area contributed by atoms with Crippen LogP contribution < -0.4 is 0 Å². The maximum Gasteiger partial charge on any atom is 0.128 e. The Morgan fingerprint density at radius 3 is 2.72 bits per heavy atom. The predicted molar refractivity (Wildman–Crippen MR) is 71.6 cm³/mol. The van der Waals surface area contributed by atoms with Gasteiger partial charge in [0.25, 0.3) is 0 Å². The van der Waals surface area contributed by atoms with Crippen molar-refractivity contribution in [2.45, 2.75) is 32.9 Å². The minimum Gasteiger partial charge on any atom is -0.384 e. The number of nitrogens with zero attached hydrogens (tertiary/aromatic N) is 1. The summed E-state index contributed by atoms with van der Waals surface area (Å²) in [5.41, 5.74) is 1.27. The first-order valence-electron chi connectivity index (χ1n) is 6.16. The second-order valence-corrected chi connectivity index (χ2v) is 4.44. The van der Waals surface area contributed by atoms with Crippen LogP contribution in [0.1, 0.15) is 31.4 Å². The molecule has 1 atom stereocenters. The molecular formula is C15H20FNO. The Hall–Kier alpha value is -1.37. The molecule has 3 heteroatoms. The van der Waals surface area contributed by atoms with Gasteiger partial charge >= 0.3 is 0 Å². The average molecular weight is 249 g/mol. The lowest BCUT2D eigenvalue weighted by atomic mass is 10.1. The van der Waals surface area contributed by atoms with E-state index in [9.17, 15) is 4.39 Å². The zero-order valence-corrected chi connectivity index (χ0v) is 11.2. The highest BCUT2D eigenvalue weighted by Gasteiger charge is 2.10. The normalized spacial score (nSPS) is 12.1. The van der Waals surface area contributed by atoms with Crippen LogP contribution in [0.25, 0.3) is 0 Å². The van der Waals surface area contributed by atoms with Gasteiger partial charge in [0.2, 0.25) is 0 Å². The van der Waals surface area contributed by atoms with E-state index in [1.807, 2.05) is 7.05 Å². The number of benzene rings is 1. The van der Waals surface area contributed by atoms with E-state index in [1.54, 1.807) is 12.1 Å². The monoisotopic (exact) mass is 249 g/mol. The SMILES string of the molecule is CCC(C)N(C)Cc1ccc(C#CCO)cc1F. The van der Waals surface area contributed by atoms with Crippen molar-refractivity contribution < 1.29 is 9.50 Å². The van der Waals surface area contributed by atoms with Gasteiger partial charge < -0.3 is 5.11 Å². The lowest BCUT2D eigenvalue weighted by Gasteiger charge is -2.23. The maximum absolute atomic E-state index is 13.8. The molecule has 0 aliphatic rings. The highest BCUT2D eigenvalue weighted by Crippen LogP contribution is 2.14. The van der Waals surface area contributed by atoms with E-state index in [1.165, 1.54) is 6.07 Å². The van der Waals surface area contributed by atoms with Gasteiger partial charge in [0.15, 0.2) is 0 Å². The smallest absolute Gasteiger partial charge is 0.128 e. The fourth-order valence-electron chi connectivity index (χ4n) is 1.63. The summed E-state index contributed by atoms with van der Waals surface area (Å²) in [5, 5.41) is 8.58. The van der Waals surface area contributed by atoms with Crippen LogP contribution in [0.2, 0.25) is 0 Å². The molecular weight excluding hydrogens is 229 g/mol. The van der Waals surface area contributed by atoms with Crippen molar-refractivity contribution in [3.63, 3.8) is 0 Å². The highest BCUT2D eigenvalue weighted by atomic mass is 19.1. The Morgan fingerprint density at radius 2 is 2.17 bits per heavy atom. The topological polar surface area (TPSA) is 23.5 Å². The van der Waals surface area contributed by atoms with E-state index < -0.39 is 0 Å². The first kappa shape index (κ1) is 14.7. The van der Waals surface area contributed by atoms with Gasteiger partial charge in [-0.3, -0.25) is 4.90 Å². The van der Waals surface area contributed by atoms with Crippen LogP contribution in [0.4, 0.5) is 4.39 Å².